The molecule has 27 heavy (non-hydrogen) atoms. The van der Waals surface area contributed by atoms with E-state index in [4.69, 9.17) is 9.47 Å². The second kappa shape index (κ2) is 12.3. The zero-order chi connectivity index (χ0) is 20.2. The number of hydrogen-bond donors (Lipinski definition) is 0. The maximum atomic E-state index is 12.3. The first-order chi connectivity index (χ1) is 12.9. The van der Waals surface area contributed by atoms with Crippen LogP contribution in [0.15, 0.2) is 41.2 Å². The minimum atomic E-state index is -0.473. The minimum Gasteiger partial charge on any atom is -0.485 e. The topological polar surface area (TPSA) is 65.0 Å². The summed E-state index contributed by atoms with van der Waals surface area (Å²) in [5.74, 6) is 0.965. The number of thioether (sulfide) groups is 1. The molecule has 0 fully saturated rings. The quantitative estimate of drug-likeness (QED) is 0.313. The molecule has 0 radical (unpaired) electrons. The third-order valence-corrected chi connectivity index (χ3v) is 4.48. The van der Waals surface area contributed by atoms with Crippen molar-refractivity contribution in [1.82, 2.24) is 0 Å². The number of hydrogen-bond acceptors (Lipinski definition) is 6. The van der Waals surface area contributed by atoms with Gasteiger partial charge < -0.3 is 9.47 Å². The van der Waals surface area contributed by atoms with E-state index in [2.05, 4.69) is 32.3 Å². The van der Waals surface area contributed by atoms with Crippen LogP contribution in [0.3, 0.4) is 0 Å². The van der Waals surface area contributed by atoms with Crippen molar-refractivity contribution < 1.29 is 19.1 Å². The fraction of sp³-hybridized carbons (Fsp3) is 0.476. The van der Waals surface area contributed by atoms with Crippen LogP contribution in [-0.2, 0) is 14.3 Å². The molecule has 0 aromatic heterocycles. The molecule has 1 aromatic carbocycles. The molecule has 0 saturated carbocycles. The maximum Gasteiger partial charge on any atom is 0.327 e. The summed E-state index contributed by atoms with van der Waals surface area (Å²) in [6.07, 6.45) is 1.12. The minimum absolute atomic E-state index is 0.149. The fourth-order valence-electron chi connectivity index (χ4n) is 2.56. The number of ether oxygens (including phenoxy) is 2. The first kappa shape index (κ1) is 23.0. The van der Waals surface area contributed by atoms with Crippen molar-refractivity contribution in [3.8, 4) is 5.75 Å². The van der Waals surface area contributed by atoms with Gasteiger partial charge in [0.25, 0.3) is 0 Å². The third-order valence-electron chi connectivity index (χ3n) is 3.73. The number of carbonyl (C=O) groups excluding carboxylic acids is 2. The average Bonchev–Trinajstić information content (AvgIpc) is 2.63. The van der Waals surface area contributed by atoms with Gasteiger partial charge in [0.2, 0.25) is 5.78 Å². The lowest BCUT2D eigenvalue weighted by molar-refractivity contribution is -0.141. The van der Waals surface area contributed by atoms with Crippen molar-refractivity contribution in [2.24, 2.45) is 10.9 Å². The zero-order valence-corrected chi connectivity index (χ0v) is 17.4. The summed E-state index contributed by atoms with van der Waals surface area (Å²) < 4.78 is 10.4. The fourth-order valence-corrected chi connectivity index (χ4v) is 3.05. The number of Topliss-reactive ketones (excluding diaryl/α,β-unsaturated/α-hetero) is 1. The highest BCUT2D eigenvalue weighted by Crippen LogP contribution is 2.25. The van der Waals surface area contributed by atoms with Crippen molar-refractivity contribution in [2.45, 2.75) is 40.0 Å². The predicted octanol–water partition coefficient (Wildman–Crippen LogP) is 4.62. The third kappa shape index (κ3) is 8.91. The molecular weight excluding hydrogens is 362 g/mol. The van der Waals surface area contributed by atoms with Crippen LogP contribution in [0.2, 0.25) is 0 Å². The van der Waals surface area contributed by atoms with E-state index in [0.29, 0.717) is 17.6 Å². The second-order valence-corrected chi connectivity index (χ2v) is 7.48. The van der Waals surface area contributed by atoms with Crippen molar-refractivity contribution >= 4 is 28.6 Å². The smallest absolute Gasteiger partial charge is 0.327 e. The van der Waals surface area contributed by atoms with E-state index in [9.17, 15) is 9.59 Å². The summed E-state index contributed by atoms with van der Waals surface area (Å²) in [5.41, 5.74) is 1.25. The molecule has 0 aliphatic rings. The van der Waals surface area contributed by atoms with Gasteiger partial charge in [0.1, 0.15) is 17.3 Å². The van der Waals surface area contributed by atoms with Crippen molar-refractivity contribution in [3.05, 3.63) is 41.8 Å². The van der Waals surface area contributed by atoms with Gasteiger partial charge in [-0.2, -0.15) is 0 Å². The molecule has 1 atom stereocenters. The van der Waals surface area contributed by atoms with E-state index in [1.54, 1.807) is 6.92 Å². The zero-order valence-electron chi connectivity index (χ0n) is 16.6. The van der Waals surface area contributed by atoms with Gasteiger partial charge in [-0.05, 0) is 48.3 Å². The Morgan fingerprint density at radius 1 is 1.22 bits per heavy atom. The molecule has 5 nitrogen and oxygen atoms in total. The summed E-state index contributed by atoms with van der Waals surface area (Å²) >= 11 is 1.07. The normalized spacial score (nSPS) is 12.6. The first-order valence-electron chi connectivity index (χ1n) is 9.10. The number of benzene rings is 1. The van der Waals surface area contributed by atoms with Crippen molar-refractivity contribution in [2.75, 3.05) is 19.8 Å². The van der Waals surface area contributed by atoms with Crippen LogP contribution >= 0.6 is 11.8 Å². The van der Waals surface area contributed by atoms with Crippen LogP contribution < -0.4 is 4.74 Å². The van der Waals surface area contributed by atoms with Crippen LogP contribution in [0.1, 0.15) is 45.6 Å². The number of rotatable bonds is 11. The second-order valence-electron chi connectivity index (χ2n) is 6.52. The van der Waals surface area contributed by atoms with Crippen molar-refractivity contribution in [1.29, 1.82) is 0 Å². The van der Waals surface area contributed by atoms with Gasteiger partial charge >= 0.3 is 5.97 Å². The summed E-state index contributed by atoms with van der Waals surface area (Å²) in [7, 11) is 0. The Labute approximate surface area is 166 Å². The summed E-state index contributed by atoms with van der Waals surface area (Å²) in [6.45, 7) is 11.9. The molecule has 0 heterocycles. The Kier molecular flexibility index (Phi) is 10.5. The molecular formula is C21H29NO4S. The molecule has 0 saturated heterocycles. The van der Waals surface area contributed by atoms with Crippen molar-refractivity contribution in [3.63, 3.8) is 0 Å². The largest absolute Gasteiger partial charge is 0.485 e. The number of carbonyl (C=O) groups is 2. The number of aliphatic imine (C=N–C) groups is 1. The molecule has 6 heteroatoms. The molecule has 148 valence electrons. The van der Waals surface area contributed by atoms with Gasteiger partial charge in [0.15, 0.2) is 6.61 Å². The van der Waals surface area contributed by atoms with Gasteiger partial charge in [-0.3, -0.25) is 14.6 Å². The lowest BCUT2D eigenvalue weighted by Gasteiger charge is -2.15. The highest BCUT2D eigenvalue weighted by Gasteiger charge is 2.14. The predicted molar refractivity (Wildman–Crippen MR) is 112 cm³/mol. The van der Waals surface area contributed by atoms with E-state index in [-0.39, 0.29) is 30.6 Å². The molecule has 1 aromatic rings. The van der Waals surface area contributed by atoms with Gasteiger partial charge in [-0.25, -0.2) is 0 Å². The van der Waals surface area contributed by atoms with Crippen LogP contribution in [0, 0.1) is 5.92 Å². The van der Waals surface area contributed by atoms with Crippen LogP contribution in [0.25, 0.3) is 0 Å². The van der Waals surface area contributed by atoms with E-state index < -0.39 is 5.97 Å². The molecule has 0 aliphatic carbocycles. The highest BCUT2D eigenvalue weighted by atomic mass is 32.2. The lowest BCUT2D eigenvalue weighted by Crippen LogP contribution is -2.20. The first-order valence-corrected chi connectivity index (χ1v) is 9.98. The Balaban J connectivity index is 2.63. The van der Waals surface area contributed by atoms with Gasteiger partial charge in [0, 0.05) is 0 Å². The standard InChI is InChI=1S/C21H29NO4S/c1-6-25-20(24)13-22-21(27-7-2)19(23)14-26-18-10-8-17(9-11-18)16(5)12-15(3)4/h7-11,15-16H,2,6,12-14H2,1,3-5H3/b22-21-. The summed E-state index contributed by atoms with van der Waals surface area (Å²) in [5, 5.41) is 1.67. The Morgan fingerprint density at radius 2 is 1.89 bits per heavy atom. The molecule has 0 aliphatic heterocycles. The molecule has 1 unspecified atom stereocenters. The van der Waals surface area contributed by atoms with E-state index in [0.717, 1.165) is 18.2 Å². The van der Waals surface area contributed by atoms with Crippen LogP contribution in [0.4, 0.5) is 0 Å². The van der Waals surface area contributed by atoms with Gasteiger partial charge in [-0.15, -0.1) is 0 Å². The van der Waals surface area contributed by atoms with Crippen LogP contribution in [-0.4, -0.2) is 36.6 Å². The van der Waals surface area contributed by atoms with Crippen LogP contribution in [0.5, 0.6) is 5.75 Å². The molecule has 0 amide bonds. The van der Waals surface area contributed by atoms with E-state index in [1.165, 1.54) is 11.0 Å². The SMILES string of the molecule is C=CS/C(=N\CC(=O)OCC)C(=O)COc1ccc(C(C)CC(C)C)cc1. The molecule has 0 N–H and O–H groups in total. The Hall–Kier alpha value is -2.08. The monoisotopic (exact) mass is 391 g/mol. The molecule has 0 bridgehead atoms. The number of esters is 1. The average molecular weight is 392 g/mol. The lowest BCUT2D eigenvalue weighted by atomic mass is 9.92. The summed E-state index contributed by atoms with van der Waals surface area (Å²) in [4.78, 5) is 27.7. The number of nitrogens with zero attached hydrogens (tertiary/aromatic N) is 1. The number of ketones is 1. The summed E-state index contributed by atoms with van der Waals surface area (Å²) in [6, 6.07) is 7.80. The molecule has 1 rings (SSSR count). The maximum absolute atomic E-state index is 12.3. The Morgan fingerprint density at radius 3 is 2.44 bits per heavy atom. The molecule has 0 spiro atoms. The van der Waals surface area contributed by atoms with E-state index >= 15 is 0 Å². The van der Waals surface area contributed by atoms with E-state index in [1.807, 2.05) is 24.3 Å². The van der Waals surface area contributed by atoms with Gasteiger partial charge in [0.05, 0.1) is 6.61 Å². The Bertz CT molecular complexity index is 653. The van der Waals surface area contributed by atoms with Gasteiger partial charge in [-0.1, -0.05) is 51.2 Å². The highest BCUT2D eigenvalue weighted by molar-refractivity contribution is 8.18.